The van der Waals surface area contributed by atoms with Gasteiger partial charge in [-0.3, -0.25) is 4.68 Å². The Balaban J connectivity index is 1.91. The summed E-state index contributed by atoms with van der Waals surface area (Å²) in [6.45, 7) is 6.33. The highest BCUT2D eigenvalue weighted by Crippen LogP contribution is 2.15. The quantitative estimate of drug-likeness (QED) is 0.657. The standard InChI is InChI=1S/C10H16N2O/c1-8(2)5-12-6-9(4-11-12)3-10-7-13-10/h4,6,8,10H,3,5,7H2,1-2H3. The predicted molar refractivity (Wildman–Crippen MR) is 50.5 cm³/mol. The van der Waals surface area contributed by atoms with E-state index in [1.54, 1.807) is 0 Å². The summed E-state index contributed by atoms with van der Waals surface area (Å²) in [6.07, 6.45) is 5.57. The first-order chi connectivity index (χ1) is 6.24. The Morgan fingerprint density at radius 3 is 3.08 bits per heavy atom. The van der Waals surface area contributed by atoms with Gasteiger partial charge < -0.3 is 4.74 Å². The van der Waals surface area contributed by atoms with Gasteiger partial charge in [-0.15, -0.1) is 0 Å². The summed E-state index contributed by atoms with van der Waals surface area (Å²) in [5.41, 5.74) is 1.29. The maximum atomic E-state index is 5.17. The molecule has 0 bridgehead atoms. The van der Waals surface area contributed by atoms with E-state index < -0.39 is 0 Å². The van der Waals surface area contributed by atoms with Gasteiger partial charge in [-0.2, -0.15) is 5.10 Å². The van der Waals surface area contributed by atoms with Crippen LogP contribution in [0.5, 0.6) is 0 Å². The Bertz CT molecular complexity index is 258. The lowest BCUT2D eigenvalue weighted by Gasteiger charge is -2.03. The van der Waals surface area contributed by atoms with Gasteiger partial charge in [0.05, 0.1) is 18.9 Å². The molecule has 1 aliphatic rings. The molecule has 13 heavy (non-hydrogen) atoms. The molecule has 0 saturated carbocycles. The summed E-state index contributed by atoms with van der Waals surface area (Å²) in [7, 11) is 0. The molecule has 0 amide bonds. The van der Waals surface area contributed by atoms with Crippen LogP contribution in [-0.2, 0) is 17.7 Å². The highest BCUT2D eigenvalue weighted by Gasteiger charge is 2.23. The molecule has 3 nitrogen and oxygen atoms in total. The third-order valence-corrected chi connectivity index (χ3v) is 2.10. The molecule has 1 unspecified atom stereocenters. The fraction of sp³-hybridized carbons (Fsp3) is 0.700. The van der Waals surface area contributed by atoms with E-state index in [0.717, 1.165) is 19.6 Å². The first-order valence-corrected chi connectivity index (χ1v) is 4.87. The molecule has 2 rings (SSSR count). The third-order valence-electron chi connectivity index (χ3n) is 2.10. The van der Waals surface area contributed by atoms with Gasteiger partial charge in [0.2, 0.25) is 0 Å². The predicted octanol–water partition coefficient (Wildman–Crippen LogP) is 1.48. The van der Waals surface area contributed by atoms with Gasteiger partial charge in [0, 0.05) is 19.2 Å². The average Bonchev–Trinajstić information content (AvgIpc) is 2.73. The van der Waals surface area contributed by atoms with E-state index in [1.807, 2.05) is 10.9 Å². The number of epoxide rings is 1. The van der Waals surface area contributed by atoms with Crippen LogP contribution in [0.15, 0.2) is 12.4 Å². The second-order valence-electron chi connectivity index (χ2n) is 4.12. The molecule has 72 valence electrons. The number of ether oxygens (including phenoxy) is 1. The van der Waals surface area contributed by atoms with Crippen molar-refractivity contribution in [3.63, 3.8) is 0 Å². The van der Waals surface area contributed by atoms with Gasteiger partial charge in [-0.1, -0.05) is 13.8 Å². The van der Waals surface area contributed by atoms with Gasteiger partial charge in [-0.05, 0) is 11.5 Å². The zero-order valence-electron chi connectivity index (χ0n) is 8.23. The lowest BCUT2D eigenvalue weighted by Crippen LogP contribution is -2.04. The molecule has 0 spiro atoms. The van der Waals surface area contributed by atoms with E-state index >= 15 is 0 Å². The third kappa shape index (κ3) is 2.56. The maximum absolute atomic E-state index is 5.17. The average molecular weight is 180 g/mol. The second-order valence-corrected chi connectivity index (χ2v) is 4.12. The molecular formula is C10H16N2O. The molecule has 2 heterocycles. The molecule has 1 atom stereocenters. The number of aromatic nitrogens is 2. The van der Waals surface area contributed by atoms with Gasteiger partial charge in [-0.25, -0.2) is 0 Å². The molecule has 0 N–H and O–H groups in total. The molecule has 1 fully saturated rings. The Labute approximate surface area is 78.7 Å². The number of hydrogen-bond donors (Lipinski definition) is 0. The summed E-state index contributed by atoms with van der Waals surface area (Å²) in [6, 6.07) is 0. The molecule has 1 aliphatic heterocycles. The minimum atomic E-state index is 0.469. The summed E-state index contributed by atoms with van der Waals surface area (Å²) >= 11 is 0. The summed E-state index contributed by atoms with van der Waals surface area (Å²) in [4.78, 5) is 0. The van der Waals surface area contributed by atoms with Crippen LogP contribution in [-0.4, -0.2) is 22.5 Å². The van der Waals surface area contributed by atoms with Gasteiger partial charge in [0.25, 0.3) is 0 Å². The fourth-order valence-electron chi connectivity index (χ4n) is 1.43. The monoisotopic (exact) mass is 180 g/mol. The highest BCUT2D eigenvalue weighted by molar-refractivity contribution is 5.06. The van der Waals surface area contributed by atoms with Gasteiger partial charge in [0.1, 0.15) is 0 Å². The Kier molecular flexibility index (Phi) is 2.36. The molecule has 0 radical (unpaired) electrons. The van der Waals surface area contributed by atoms with E-state index in [-0.39, 0.29) is 0 Å². The largest absolute Gasteiger partial charge is 0.373 e. The lowest BCUT2D eigenvalue weighted by atomic mass is 10.2. The summed E-state index contributed by atoms with van der Waals surface area (Å²) in [5.74, 6) is 0.657. The van der Waals surface area contributed by atoms with Crippen LogP contribution in [0.1, 0.15) is 19.4 Å². The summed E-state index contributed by atoms with van der Waals surface area (Å²) < 4.78 is 7.18. The van der Waals surface area contributed by atoms with E-state index in [2.05, 4.69) is 25.1 Å². The van der Waals surface area contributed by atoms with Crippen LogP contribution in [0.25, 0.3) is 0 Å². The minimum absolute atomic E-state index is 0.469. The van der Waals surface area contributed by atoms with Crippen molar-refractivity contribution in [2.24, 2.45) is 5.92 Å². The molecule has 0 aromatic carbocycles. The topological polar surface area (TPSA) is 30.4 Å². The van der Waals surface area contributed by atoms with Crippen LogP contribution < -0.4 is 0 Å². The first-order valence-electron chi connectivity index (χ1n) is 4.87. The SMILES string of the molecule is CC(C)Cn1cc(CC2CO2)cn1. The van der Waals surface area contributed by atoms with Crippen molar-refractivity contribution in [3.05, 3.63) is 18.0 Å². The van der Waals surface area contributed by atoms with Crippen LogP contribution >= 0.6 is 0 Å². The van der Waals surface area contributed by atoms with Crippen molar-refractivity contribution >= 4 is 0 Å². The Hall–Kier alpha value is -0.830. The number of rotatable bonds is 4. The van der Waals surface area contributed by atoms with Crippen molar-refractivity contribution in [3.8, 4) is 0 Å². The lowest BCUT2D eigenvalue weighted by molar-refractivity contribution is 0.407. The fourth-order valence-corrected chi connectivity index (χ4v) is 1.43. The van der Waals surface area contributed by atoms with E-state index in [9.17, 15) is 0 Å². The Morgan fingerprint density at radius 1 is 1.69 bits per heavy atom. The van der Waals surface area contributed by atoms with E-state index in [1.165, 1.54) is 5.56 Å². The van der Waals surface area contributed by atoms with Crippen LogP contribution in [0.2, 0.25) is 0 Å². The summed E-state index contributed by atoms with van der Waals surface area (Å²) in [5, 5.41) is 4.30. The molecule has 1 aromatic rings. The Morgan fingerprint density at radius 2 is 2.46 bits per heavy atom. The van der Waals surface area contributed by atoms with E-state index in [0.29, 0.717) is 12.0 Å². The van der Waals surface area contributed by atoms with Crippen LogP contribution in [0, 0.1) is 5.92 Å². The zero-order chi connectivity index (χ0) is 9.26. The van der Waals surface area contributed by atoms with E-state index in [4.69, 9.17) is 4.74 Å². The first kappa shape index (κ1) is 8.75. The molecule has 1 aromatic heterocycles. The maximum Gasteiger partial charge on any atom is 0.0851 e. The van der Waals surface area contributed by atoms with Crippen molar-refractivity contribution in [2.75, 3.05) is 6.61 Å². The minimum Gasteiger partial charge on any atom is -0.373 e. The number of hydrogen-bond acceptors (Lipinski definition) is 2. The normalized spacial score (nSPS) is 21.0. The second kappa shape index (κ2) is 3.50. The van der Waals surface area contributed by atoms with Crippen molar-refractivity contribution in [2.45, 2.75) is 32.9 Å². The zero-order valence-corrected chi connectivity index (χ0v) is 8.23. The van der Waals surface area contributed by atoms with Crippen molar-refractivity contribution < 1.29 is 4.74 Å². The molecule has 3 heteroatoms. The van der Waals surface area contributed by atoms with Crippen molar-refractivity contribution in [1.29, 1.82) is 0 Å². The molecule has 1 saturated heterocycles. The number of nitrogens with zero attached hydrogens (tertiary/aromatic N) is 2. The van der Waals surface area contributed by atoms with Crippen LogP contribution in [0.3, 0.4) is 0 Å². The smallest absolute Gasteiger partial charge is 0.0851 e. The van der Waals surface area contributed by atoms with Gasteiger partial charge in [0.15, 0.2) is 0 Å². The molecule has 0 aliphatic carbocycles. The van der Waals surface area contributed by atoms with Gasteiger partial charge >= 0.3 is 0 Å². The molecular weight excluding hydrogens is 164 g/mol. The van der Waals surface area contributed by atoms with Crippen LogP contribution in [0.4, 0.5) is 0 Å². The van der Waals surface area contributed by atoms with Crippen molar-refractivity contribution in [1.82, 2.24) is 9.78 Å². The highest BCUT2D eigenvalue weighted by atomic mass is 16.6.